The number of unbranched alkanes of at least 4 members (excludes halogenated alkanes) is 2. The van der Waals surface area contributed by atoms with Crippen LogP contribution in [0.2, 0.25) is 0 Å². The molecule has 0 N–H and O–H groups in total. The van der Waals surface area contributed by atoms with E-state index >= 15 is 0 Å². The van der Waals surface area contributed by atoms with Gasteiger partial charge in [0.05, 0.1) is 22.8 Å². The summed E-state index contributed by atoms with van der Waals surface area (Å²) in [5, 5.41) is 0. The fourth-order valence-electron chi connectivity index (χ4n) is 9.77. The van der Waals surface area contributed by atoms with E-state index in [4.69, 9.17) is 9.97 Å². The summed E-state index contributed by atoms with van der Waals surface area (Å²) in [7, 11) is 0. The summed E-state index contributed by atoms with van der Waals surface area (Å²) in [5.41, 5.74) is 10.5. The first-order chi connectivity index (χ1) is 20.8. The SMILES string of the molecule is CC1(C)[C@@H]2C[C@H]1c1ccc(-c3ccccn3)nc1[C@H]2CCCCC[C@@H]1c2nc(-c3ccccn3)ccc2[C@@H]2C[C@H]1C2(C)C. The third kappa shape index (κ3) is 4.23. The zero-order chi connectivity index (χ0) is 29.3. The van der Waals surface area contributed by atoms with Gasteiger partial charge in [-0.2, -0.15) is 0 Å². The summed E-state index contributed by atoms with van der Waals surface area (Å²) < 4.78 is 0. The first-order valence-corrected chi connectivity index (χ1v) is 16.7. The van der Waals surface area contributed by atoms with Crippen molar-refractivity contribution >= 4 is 0 Å². The quantitative estimate of drug-likeness (QED) is 0.199. The van der Waals surface area contributed by atoms with Crippen LogP contribution in [0.25, 0.3) is 22.8 Å². The number of nitrogens with zero attached hydrogens (tertiary/aromatic N) is 4. The van der Waals surface area contributed by atoms with Gasteiger partial charge in [-0.15, -0.1) is 0 Å². The van der Waals surface area contributed by atoms with E-state index in [2.05, 4.69) is 86.2 Å². The fourth-order valence-corrected chi connectivity index (χ4v) is 9.77. The minimum atomic E-state index is 0.376. The zero-order valence-corrected chi connectivity index (χ0v) is 26.1. The Morgan fingerprint density at radius 2 is 1.02 bits per heavy atom. The summed E-state index contributed by atoms with van der Waals surface area (Å²) in [6.07, 6.45) is 12.7. The number of aromatic nitrogens is 4. The van der Waals surface area contributed by atoms with Crippen LogP contribution in [-0.2, 0) is 0 Å². The lowest BCUT2D eigenvalue weighted by atomic mass is 9.44. The van der Waals surface area contributed by atoms with Gasteiger partial charge >= 0.3 is 0 Å². The van der Waals surface area contributed by atoms with Crippen molar-refractivity contribution in [2.24, 2.45) is 22.7 Å². The van der Waals surface area contributed by atoms with Crippen LogP contribution >= 0.6 is 0 Å². The first kappa shape index (κ1) is 27.2. The highest BCUT2D eigenvalue weighted by Gasteiger charge is 2.58. The van der Waals surface area contributed by atoms with Crippen LogP contribution in [0.5, 0.6) is 0 Å². The molecule has 4 nitrogen and oxygen atoms in total. The van der Waals surface area contributed by atoms with Gasteiger partial charge in [0.25, 0.3) is 0 Å². The van der Waals surface area contributed by atoms with Crippen LogP contribution in [-0.4, -0.2) is 19.9 Å². The number of rotatable bonds is 8. The summed E-state index contributed by atoms with van der Waals surface area (Å²) in [6.45, 7) is 9.98. The third-order valence-electron chi connectivity index (χ3n) is 12.4. The lowest BCUT2D eigenvalue weighted by molar-refractivity contribution is -0.0121. The first-order valence-electron chi connectivity index (χ1n) is 16.7. The van der Waals surface area contributed by atoms with Gasteiger partial charge in [0.2, 0.25) is 0 Å². The average Bonchev–Trinajstić information content (AvgIpc) is 3.04. The highest BCUT2D eigenvalue weighted by Crippen LogP contribution is 2.68. The van der Waals surface area contributed by atoms with Gasteiger partial charge in [0, 0.05) is 35.6 Å². The lowest BCUT2D eigenvalue weighted by Gasteiger charge is -2.60. The van der Waals surface area contributed by atoms with Crippen molar-refractivity contribution in [1.82, 2.24) is 19.9 Å². The van der Waals surface area contributed by atoms with Crippen LogP contribution in [0, 0.1) is 22.7 Å². The van der Waals surface area contributed by atoms with E-state index in [0.29, 0.717) is 34.5 Å². The van der Waals surface area contributed by atoms with Crippen molar-refractivity contribution in [2.75, 3.05) is 0 Å². The van der Waals surface area contributed by atoms with Gasteiger partial charge in [-0.3, -0.25) is 19.9 Å². The summed E-state index contributed by atoms with van der Waals surface area (Å²) in [4.78, 5) is 19.8. The standard InChI is InChI=1S/C39H44N4/c1-38(2)28-22-30(38)26-16-18-34(32-14-8-10-20-40-32)42-36(26)24(28)12-6-5-7-13-25-29-23-31(39(29,3)4)27-17-19-35(43-37(25)27)33-15-9-11-21-41-33/h8-11,14-21,24-25,28-31H,5-7,12-13,22-23H2,1-4H3/t24-,25-,28+,29+,30-,31-/m0/s1. The van der Waals surface area contributed by atoms with Crippen molar-refractivity contribution < 1.29 is 0 Å². The van der Waals surface area contributed by atoms with Crippen molar-refractivity contribution in [1.29, 1.82) is 0 Å². The largest absolute Gasteiger partial charge is 0.255 e. The van der Waals surface area contributed by atoms with E-state index in [1.807, 2.05) is 24.5 Å². The van der Waals surface area contributed by atoms with Gasteiger partial charge in [0.15, 0.2) is 0 Å². The molecule has 4 aromatic heterocycles. The smallest absolute Gasteiger partial charge is 0.0889 e. The van der Waals surface area contributed by atoms with E-state index in [1.165, 1.54) is 67.5 Å². The van der Waals surface area contributed by atoms with Gasteiger partial charge in [-0.1, -0.05) is 71.2 Å². The molecule has 220 valence electrons. The minimum Gasteiger partial charge on any atom is -0.255 e. The Bertz CT molecular complexity index is 1520. The second-order valence-electron chi connectivity index (χ2n) is 15.1. The van der Waals surface area contributed by atoms with Crippen molar-refractivity contribution in [3.8, 4) is 22.8 Å². The van der Waals surface area contributed by atoms with Gasteiger partial charge in [-0.25, -0.2) is 0 Å². The molecule has 6 atom stereocenters. The van der Waals surface area contributed by atoms with Crippen LogP contribution in [0.4, 0.5) is 0 Å². The Morgan fingerprint density at radius 3 is 1.42 bits per heavy atom. The highest BCUT2D eigenvalue weighted by atomic mass is 14.8. The maximum Gasteiger partial charge on any atom is 0.0889 e. The Balaban J connectivity index is 0.978. The van der Waals surface area contributed by atoms with Crippen LogP contribution in [0.15, 0.2) is 73.1 Å². The van der Waals surface area contributed by atoms with Gasteiger partial charge < -0.3 is 0 Å². The van der Waals surface area contributed by atoms with E-state index < -0.39 is 0 Å². The molecular formula is C39H44N4. The molecule has 0 saturated heterocycles. The molecule has 2 saturated carbocycles. The van der Waals surface area contributed by atoms with Crippen LogP contribution in [0.3, 0.4) is 0 Å². The van der Waals surface area contributed by atoms with Crippen molar-refractivity contribution in [3.63, 3.8) is 0 Å². The van der Waals surface area contributed by atoms with Gasteiger partial charge in [0.1, 0.15) is 0 Å². The Kier molecular flexibility index (Phi) is 6.37. The normalized spacial score (nSPS) is 28.7. The monoisotopic (exact) mass is 568 g/mol. The molecule has 0 aliphatic heterocycles. The van der Waals surface area contributed by atoms with E-state index in [9.17, 15) is 0 Å². The third-order valence-corrected chi connectivity index (χ3v) is 12.4. The molecule has 0 spiro atoms. The molecule has 0 amide bonds. The predicted octanol–water partition coefficient (Wildman–Crippen LogP) is 9.71. The lowest BCUT2D eigenvalue weighted by Crippen LogP contribution is -2.50. The van der Waals surface area contributed by atoms with Crippen molar-refractivity contribution in [2.45, 2.75) is 96.3 Å². The zero-order valence-electron chi connectivity index (χ0n) is 26.1. The molecule has 0 radical (unpaired) electrons. The average molecular weight is 569 g/mol. The molecule has 0 unspecified atom stereocenters. The topological polar surface area (TPSA) is 51.6 Å². The second-order valence-corrected chi connectivity index (χ2v) is 15.1. The number of hydrogen-bond donors (Lipinski definition) is 0. The predicted molar refractivity (Wildman–Crippen MR) is 173 cm³/mol. The summed E-state index contributed by atoms with van der Waals surface area (Å²) >= 11 is 0. The van der Waals surface area contributed by atoms with Gasteiger partial charge in [-0.05, 0) is 108 Å². The van der Waals surface area contributed by atoms with E-state index in [0.717, 1.165) is 34.6 Å². The van der Waals surface area contributed by atoms with E-state index in [1.54, 1.807) is 0 Å². The summed E-state index contributed by atoms with van der Waals surface area (Å²) in [6, 6.07) is 21.4. The second kappa shape index (κ2) is 10.1. The molecule has 6 aliphatic carbocycles. The molecule has 10 rings (SSSR count). The van der Waals surface area contributed by atoms with E-state index in [-0.39, 0.29) is 0 Å². The molecule has 4 aromatic rings. The fraction of sp³-hybridized carbons (Fsp3) is 0.487. The Labute approximate surface area is 256 Å². The molecule has 0 aromatic carbocycles. The molecule has 43 heavy (non-hydrogen) atoms. The number of hydrogen-bond acceptors (Lipinski definition) is 4. The highest BCUT2D eigenvalue weighted by molar-refractivity contribution is 5.57. The van der Waals surface area contributed by atoms with Crippen LogP contribution < -0.4 is 0 Å². The molecule has 4 heteroatoms. The minimum absolute atomic E-state index is 0.376. The molecule has 6 aliphatic rings. The van der Waals surface area contributed by atoms with Crippen LogP contribution in [0.1, 0.15) is 119 Å². The maximum absolute atomic E-state index is 5.30. The number of pyridine rings is 4. The molecule has 4 heterocycles. The molecular weight excluding hydrogens is 524 g/mol. The molecule has 4 bridgehead atoms. The summed E-state index contributed by atoms with van der Waals surface area (Å²) in [5.74, 6) is 3.90. The maximum atomic E-state index is 5.30. The van der Waals surface area contributed by atoms with Crippen molar-refractivity contribution in [3.05, 3.63) is 95.6 Å². The Hall–Kier alpha value is -3.40. The molecule has 2 fully saturated rings. The Morgan fingerprint density at radius 1 is 0.558 bits per heavy atom.